The van der Waals surface area contributed by atoms with Crippen molar-refractivity contribution in [3.8, 4) is 34.9 Å². The zero-order valence-corrected chi connectivity index (χ0v) is 43.6. The van der Waals surface area contributed by atoms with Gasteiger partial charge in [-0.1, -0.05) is 24.8 Å². The average molecular weight is 1050 g/mol. The number of amides is 3. The highest BCUT2D eigenvalue weighted by atomic mass is 19.1. The second kappa shape index (κ2) is 19.5. The fraction of sp³-hybridized carbons (Fsp3) is 0.508. The second-order valence-electron chi connectivity index (χ2n) is 22.8. The number of phenols is 1. The number of aromatic hydroxyl groups is 1. The van der Waals surface area contributed by atoms with Crippen molar-refractivity contribution in [2.75, 3.05) is 57.5 Å². The third-order valence-corrected chi connectivity index (χ3v) is 18.1. The molecule has 3 aromatic heterocycles. The van der Waals surface area contributed by atoms with Gasteiger partial charge in [-0.25, -0.2) is 18.6 Å². The minimum atomic E-state index is -0.684. The van der Waals surface area contributed by atoms with Crippen LogP contribution in [-0.4, -0.2) is 128 Å². The average Bonchev–Trinajstić information content (AvgIpc) is 4.02. The monoisotopic (exact) mass is 1050 g/mol. The maximum atomic E-state index is 17.5. The van der Waals surface area contributed by atoms with Gasteiger partial charge in [0.05, 0.1) is 46.4 Å². The zero-order valence-electron chi connectivity index (χ0n) is 43.6. The minimum absolute atomic E-state index is 0.00321. The van der Waals surface area contributed by atoms with Gasteiger partial charge in [0.25, 0.3) is 0 Å². The van der Waals surface area contributed by atoms with Crippen LogP contribution >= 0.6 is 0 Å². The number of anilines is 1. The second-order valence-corrected chi connectivity index (χ2v) is 22.8. The summed E-state index contributed by atoms with van der Waals surface area (Å²) in [6, 6.07) is 12.1. The summed E-state index contributed by atoms with van der Waals surface area (Å²) >= 11 is 0. The lowest BCUT2D eigenvalue weighted by Gasteiger charge is -2.52. The SMILES string of the molecule is CCc1c(F)ccc2cc(O)cc(-c3nc4c5c(nc(OC[C@@]67CCCN6[C@H](COC(=O)N6CC8(CCC(C#Cc9ccc%10c(C%11CCC(=O)NC%11=O)nn(C)c%10c9)CC8)C6)CC7)nc5c3F)N3CCCOC[C@@H]3CC4)c12. The van der Waals surface area contributed by atoms with Gasteiger partial charge in [0.2, 0.25) is 11.8 Å². The minimum Gasteiger partial charge on any atom is -0.508 e. The quantitative estimate of drug-likeness (QED) is 0.110. The van der Waals surface area contributed by atoms with Crippen molar-refractivity contribution in [2.45, 2.75) is 120 Å². The molecule has 1 unspecified atom stereocenters. The van der Waals surface area contributed by atoms with Crippen LogP contribution in [0.25, 0.3) is 43.8 Å². The third kappa shape index (κ3) is 8.77. The molecule has 3 aromatic carbocycles. The number of benzene rings is 3. The van der Waals surface area contributed by atoms with E-state index in [2.05, 4.69) is 32.1 Å². The number of piperidine rings is 1. The fourth-order valence-corrected chi connectivity index (χ4v) is 14.1. The molecule has 6 aliphatic heterocycles. The molecule has 6 fully saturated rings. The molecule has 6 aromatic rings. The van der Waals surface area contributed by atoms with Crippen LogP contribution in [-0.2, 0) is 39.0 Å². The normalized spacial score (nSPS) is 24.3. The highest BCUT2D eigenvalue weighted by Gasteiger charge is 2.52. The molecule has 400 valence electrons. The number of ether oxygens (including phenoxy) is 3. The number of hydrogen-bond donors (Lipinski definition) is 2. The number of halogens is 2. The standard InChI is InChI=1S/C59H63F2N9O7/c1-3-40-44(60)13-9-36-27-39(71)28-43(48(36)40)52-50(61)53-49-45(62-52)14-10-37-29-75-25-5-23-69(37)54(49)65-56(64-53)77-33-59-19-4-24-70(59)38(18-22-59)30-76-57(74)68-31-58(32-68)20-16-34(17-21-58)6-7-35-8-11-41-46(26-35)67(2)66-51(41)42-12-15-47(72)63-55(42)73/h8-9,11,13,26-28,34,37-38,42,71H,3-5,10,12,14-25,29-33H2,1-2H3,(H,63,72,73)/t37-,38-,42?,59-/m0/s1. The molecule has 77 heavy (non-hydrogen) atoms. The van der Waals surface area contributed by atoms with Crippen LogP contribution in [0.4, 0.5) is 19.4 Å². The van der Waals surface area contributed by atoms with Crippen LogP contribution in [0.2, 0.25) is 0 Å². The van der Waals surface area contributed by atoms with Crippen molar-refractivity contribution in [2.24, 2.45) is 18.4 Å². The number of imide groups is 1. The summed E-state index contributed by atoms with van der Waals surface area (Å²) in [6.07, 6.45) is 10.3. The van der Waals surface area contributed by atoms with Gasteiger partial charge in [0, 0.05) is 73.6 Å². The largest absolute Gasteiger partial charge is 0.508 e. The molecular formula is C59H63F2N9O7. The summed E-state index contributed by atoms with van der Waals surface area (Å²) in [5.74, 6) is 5.59. The van der Waals surface area contributed by atoms with E-state index < -0.39 is 17.6 Å². The van der Waals surface area contributed by atoms with E-state index in [0.717, 1.165) is 80.8 Å². The van der Waals surface area contributed by atoms with Crippen molar-refractivity contribution < 1.29 is 42.5 Å². The van der Waals surface area contributed by atoms with Gasteiger partial charge in [-0.05, 0) is 143 Å². The number of phenolic OH excluding ortho intramolecular Hbond substituents is 1. The van der Waals surface area contributed by atoms with Gasteiger partial charge in [0.1, 0.15) is 41.8 Å². The summed E-state index contributed by atoms with van der Waals surface area (Å²) < 4.78 is 53.4. The molecule has 9 heterocycles. The number of nitrogens with zero attached hydrogens (tertiary/aromatic N) is 8. The number of fused-ring (bicyclic) bond motifs is 5. The molecule has 4 atom stereocenters. The van der Waals surface area contributed by atoms with E-state index in [4.69, 9.17) is 29.2 Å². The number of likely N-dealkylation sites (tertiary alicyclic amines) is 1. The molecule has 18 heteroatoms. The van der Waals surface area contributed by atoms with Crippen molar-refractivity contribution in [1.29, 1.82) is 0 Å². The summed E-state index contributed by atoms with van der Waals surface area (Å²) in [5, 5.41) is 20.5. The van der Waals surface area contributed by atoms with Crippen LogP contribution in [0.5, 0.6) is 11.8 Å². The van der Waals surface area contributed by atoms with E-state index in [1.165, 1.54) is 12.1 Å². The number of aryl methyl sites for hydroxylation is 3. The Morgan fingerprint density at radius 1 is 0.948 bits per heavy atom. The summed E-state index contributed by atoms with van der Waals surface area (Å²) in [7, 11) is 1.86. The predicted molar refractivity (Wildman–Crippen MR) is 283 cm³/mol. The lowest BCUT2D eigenvalue weighted by atomic mass is 9.66. The van der Waals surface area contributed by atoms with Crippen LogP contribution in [0.15, 0.2) is 42.5 Å². The van der Waals surface area contributed by atoms with Crippen LogP contribution in [0, 0.1) is 34.8 Å². The smallest absolute Gasteiger partial charge is 0.409 e. The lowest BCUT2D eigenvalue weighted by Crippen LogP contribution is -2.59. The molecule has 1 aliphatic carbocycles. The highest BCUT2D eigenvalue weighted by molar-refractivity contribution is 6.04. The van der Waals surface area contributed by atoms with Crippen molar-refractivity contribution in [3.63, 3.8) is 0 Å². The number of aromatic nitrogens is 5. The fourth-order valence-electron chi connectivity index (χ4n) is 14.1. The molecule has 7 aliphatic rings. The first kappa shape index (κ1) is 49.6. The Hall–Kier alpha value is -6.97. The van der Waals surface area contributed by atoms with Gasteiger partial charge in [-0.15, -0.1) is 0 Å². The molecule has 13 rings (SSSR count). The Morgan fingerprint density at radius 2 is 1.81 bits per heavy atom. The summed E-state index contributed by atoms with van der Waals surface area (Å²) in [4.78, 5) is 59.3. The van der Waals surface area contributed by atoms with Crippen molar-refractivity contribution in [3.05, 3.63) is 76.6 Å². The number of hydrogen-bond acceptors (Lipinski definition) is 13. The topological polar surface area (TPSA) is 177 Å². The van der Waals surface area contributed by atoms with Gasteiger partial charge in [0.15, 0.2) is 5.82 Å². The van der Waals surface area contributed by atoms with E-state index in [0.29, 0.717) is 109 Å². The molecule has 16 nitrogen and oxygen atoms in total. The predicted octanol–water partition coefficient (Wildman–Crippen LogP) is 8.40. The molecule has 1 saturated carbocycles. The molecule has 3 amide bonds. The van der Waals surface area contributed by atoms with Crippen LogP contribution < -0.4 is 15.0 Å². The molecule has 5 saturated heterocycles. The van der Waals surface area contributed by atoms with Crippen LogP contribution in [0.3, 0.4) is 0 Å². The van der Waals surface area contributed by atoms with Crippen molar-refractivity contribution >= 4 is 56.3 Å². The Morgan fingerprint density at radius 3 is 2.64 bits per heavy atom. The zero-order chi connectivity index (χ0) is 52.7. The number of rotatable bonds is 8. The third-order valence-electron chi connectivity index (χ3n) is 18.1. The molecule has 0 bridgehead atoms. The summed E-state index contributed by atoms with van der Waals surface area (Å²) in [5.41, 5.74) is 3.68. The molecule has 0 radical (unpaired) electrons. The summed E-state index contributed by atoms with van der Waals surface area (Å²) in [6.45, 7) is 6.41. The first-order valence-electron chi connectivity index (χ1n) is 27.7. The van der Waals surface area contributed by atoms with Gasteiger partial charge >= 0.3 is 12.1 Å². The Bertz CT molecular complexity index is 3470. The van der Waals surface area contributed by atoms with Gasteiger partial charge in [-0.3, -0.25) is 24.5 Å². The van der Waals surface area contributed by atoms with Crippen molar-refractivity contribution in [1.82, 2.24) is 39.8 Å². The molecule has 1 spiro atoms. The number of nitrogens with one attached hydrogen (secondary N) is 1. The Labute approximate surface area is 444 Å². The number of carbonyl (C=O) groups excluding carboxylic acids is 3. The van der Waals surface area contributed by atoms with Gasteiger partial charge < -0.3 is 29.1 Å². The van der Waals surface area contributed by atoms with Crippen LogP contribution in [0.1, 0.15) is 112 Å². The van der Waals surface area contributed by atoms with E-state index in [-0.39, 0.29) is 83.0 Å². The van der Waals surface area contributed by atoms with Gasteiger partial charge in [-0.2, -0.15) is 15.1 Å². The Kier molecular flexibility index (Phi) is 12.6. The maximum absolute atomic E-state index is 17.5. The first-order chi connectivity index (χ1) is 37.4. The molecule has 2 N–H and O–H groups in total. The number of pyridine rings is 1. The molecular weight excluding hydrogens is 985 g/mol. The Balaban J connectivity index is 0.663. The van der Waals surface area contributed by atoms with E-state index >= 15 is 8.78 Å². The number of carbonyl (C=O) groups is 3. The van der Waals surface area contributed by atoms with E-state index in [1.807, 2.05) is 37.1 Å². The first-order valence-corrected chi connectivity index (χ1v) is 27.7. The highest BCUT2D eigenvalue weighted by Crippen LogP contribution is 2.48. The maximum Gasteiger partial charge on any atom is 0.409 e. The van der Waals surface area contributed by atoms with E-state index in [1.54, 1.807) is 16.8 Å². The van der Waals surface area contributed by atoms with E-state index in [9.17, 15) is 19.5 Å². The lowest BCUT2D eigenvalue weighted by molar-refractivity contribution is -0.134.